The smallest absolute Gasteiger partial charge is 0.251 e. The summed E-state index contributed by atoms with van der Waals surface area (Å²) >= 11 is 0. The van der Waals surface area contributed by atoms with E-state index in [1.54, 1.807) is 24.3 Å². The van der Waals surface area contributed by atoms with E-state index in [0.717, 1.165) is 29.2 Å². The standard InChI is InChI=1S/C27H29F2NO2/c1-17(2)10-26(22-12-18(3)11-19(4)13-22)30-27(31)20-6-5-7-24(14-20)32-16-21-8-9-23(28)15-25(21)29/h5-9,11-15,17,26H,10,16H2,1-4H3,(H,30,31). The van der Waals surface area contributed by atoms with Crippen molar-refractivity contribution in [1.82, 2.24) is 5.32 Å². The first-order valence-electron chi connectivity index (χ1n) is 10.8. The Labute approximate surface area is 188 Å². The third-order valence-corrected chi connectivity index (χ3v) is 5.16. The number of halogens is 2. The maximum Gasteiger partial charge on any atom is 0.251 e. The molecule has 1 atom stereocenters. The third-order valence-electron chi connectivity index (χ3n) is 5.16. The molecule has 0 aliphatic carbocycles. The van der Waals surface area contributed by atoms with E-state index in [0.29, 0.717) is 17.2 Å². The van der Waals surface area contributed by atoms with Gasteiger partial charge in [0.05, 0.1) is 6.04 Å². The number of aryl methyl sites for hydroxylation is 2. The molecule has 1 unspecified atom stereocenters. The zero-order valence-corrected chi connectivity index (χ0v) is 18.9. The van der Waals surface area contributed by atoms with E-state index in [9.17, 15) is 13.6 Å². The number of ether oxygens (including phenoxy) is 1. The Hall–Kier alpha value is -3.21. The summed E-state index contributed by atoms with van der Waals surface area (Å²) in [5.41, 5.74) is 4.11. The molecule has 32 heavy (non-hydrogen) atoms. The molecule has 0 spiro atoms. The number of benzene rings is 3. The van der Waals surface area contributed by atoms with Crippen molar-refractivity contribution < 1.29 is 18.3 Å². The highest BCUT2D eigenvalue weighted by Crippen LogP contribution is 2.25. The first-order valence-corrected chi connectivity index (χ1v) is 10.8. The largest absolute Gasteiger partial charge is 0.489 e. The Morgan fingerprint density at radius 2 is 1.69 bits per heavy atom. The van der Waals surface area contributed by atoms with Crippen LogP contribution in [0.1, 0.15) is 58.9 Å². The lowest BCUT2D eigenvalue weighted by atomic mass is 9.94. The molecule has 1 N–H and O–H groups in total. The van der Waals surface area contributed by atoms with Gasteiger partial charge in [0.15, 0.2) is 0 Å². The van der Waals surface area contributed by atoms with Crippen LogP contribution in [0.5, 0.6) is 5.75 Å². The van der Waals surface area contributed by atoms with E-state index in [-0.39, 0.29) is 24.1 Å². The molecule has 0 saturated carbocycles. The van der Waals surface area contributed by atoms with Gasteiger partial charge in [0.25, 0.3) is 5.91 Å². The van der Waals surface area contributed by atoms with Gasteiger partial charge in [-0.25, -0.2) is 8.78 Å². The lowest BCUT2D eigenvalue weighted by Gasteiger charge is -2.22. The Morgan fingerprint density at radius 1 is 0.969 bits per heavy atom. The van der Waals surface area contributed by atoms with Crippen LogP contribution >= 0.6 is 0 Å². The van der Waals surface area contributed by atoms with Gasteiger partial charge in [-0.2, -0.15) is 0 Å². The van der Waals surface area contributed by atoms with Crippen molar-refractivity contribution in [2.24, 2.45) is 5.92 Å². The second-order valence-electron chi connectivity index (χ2n) is 8.63. The number of amides is 1. The van der Waals surface area contributed by atoms with Gasteiger partial charge in [-0.3, -0.25) is 4.79 Å². The molecule has 0 heterocycles. The number of hydrogen-bond acceptors (Lipinski definition) is 2. The monoisotopic (exact) mass is 437 g/mol. The molecule has 168 valence electrons. The average Bonchev–Trinajstić information content (AvgIpc) is 2.72. The van der Waals surface area contributed by atoms with Gasteiger partial charge in [-0.05, 0) is 62.1 Å². The summed E-state index contributed by atoms with van der Waals surface area (Å²) in [4.78, 5) is 13.0. The van der Waals surface area contributed by atoms with Crippen molar-refractivity contribution >= 4 is 5.91 Å². The molecule has 3 aromatic carbocycles. The Morgan fingerprint density at radius 3 is 2.34 bits per heavy atom. The van der Waals surface area contributed by atoms with E-state index in [2.05, 4.69) is 51.2 Å². The van der Waals surface area contributed by atoms with Crippen molar-refractivity contribution in [3.05, 3.63) is 100 Å². The lowest BCUT2D eigenvalue weighted by Crippen LogP contribution is -2.29. The van der Waals surface area contributed by atoms with Crippen molar-refractivity contribution in [2.45, 2.75) is 46.8 Å². The molecular formula is C27H29F2NO2. The first-order chi connectivity index (χ1) is 15.2. The van der Waals surface area contributed by atoms with Gasteiger partial charge >= 0.3 is 0 Å². The van der Waals surface area contributed by atoms with Gasteiger partial charge in [0, 0.05) is 17.2 Å². The molecule has 0 bridgehead atoms. The first kappa shape index (κ1) is 23.5. The van der Waals surface area contributed by atoms with E-state index >= 15 is 0 Å². The van der Waals surface area contributed by atoms with Gasteiger partial charge in [-0.15, -0.1) is 0 Å². The van der Waals surface area contributed by atoms with Crippen LogP contribution in [0, 0.1) is 31.4 Å². The fourth-order valence-electron chi connectivity index (χ4n) is 3.73. The second kappa shape index (κ2) is 10.4. The molecule has 3 aromatic rings. The predicted molar refractivity (Wildman–Crippen MR) is 123 cm³/mol. The minimum absolute atomic E-state index is 0.0598. The second-order valence-corrected chi connectivity index (χ2v) is 8.63. The summed E-state index contributed by atoms with van der Waals surface area (Å²) in [6, 6.07) is 16.3. The SMILES string of the molecule is Cc1cc(C)cc(C(CC(C)C)NC(=O)c2cccc(OCc3ccc(F)cc3F)c2)c1. The Kier molecular flexibility index (Phi) is 7.62. The van der Waals surface area contributed by atoms with E-state index < -0.39 is 11.6 Å². The van der Waals surface area contributed by atoms with Crippen LogP contribution in [0.15, 0.2) is 60.7 Å². The number of carbonyl (C=O) groups is 1. The molecule has 3 rings (SSSR count). The van der Waals surface area contributed by atoms with Crippen molar-refractivity contribution in [2.75, 3.05) is 0 Å². The maximum atomic E-state index is 13.8. The predicted octanol–water partition coefficient (Wildman–Crippen LogP) is 6.68. The molecular weight excluding hydrogens is 408 g/mol. The van der Waals surface area contributed by atoms with Gasteiger partial charge in [0.2, 0.25) is 0 Å². The van der Waals surface area contributed by atoms with Crippen molar-refractivity contribution in [1.29, 1.82) is 0 Å². The zero-order valence-electron chi connectivity index (χ0n) is 18.9. The summed E-state index contributed by atoms with van der Waals surface area (Å²) in [5.74, 6) is -0.656. The van der Waals surface area contributed by atoms with Crippen LogP contribution in [0.4, 0.5) is 8.78 Å². The fourth-order valence-corrected chi connectivity index (χ4v) is 3.73. The van der Waals surface area contributed by atoms with Crippen molar-refractivity contribution in [3.8, 4) is 5.75 Å². The summed E-state index contributed by atoms with van der Waals surface area (Å²) in [6.45, 7) is 8.30. The van der Waals surface area contributed by atoms with E-state index in [4.69, 9.17) is 4.74 Å². The molecule has 0 aliphatic rings. The highest BCUT2D eigenvalue weighted by molar-refractivity contribution is 5.94. The Balaban J connectivity index is 1.74. The molecule has 1 amide bonds. The third kappa shape index (κ3) is 6.39. The maximum absolute atomic E-state index is 13.8. The highest BCUT2D eigenvalue weighted by atomic mass is 19.1. The highest BCUT2D eigenvalue weighted by Gasteiger charge is 2.18. The minimum atomic E-state index is -0.663. The molecule has 0 aliphatic heterocycles. The summed E-state index contributed by atoms with van der Waals surface area (Å²) < 4.78 is 32.6. The fraction of sp³-hybridized carbons (Fsp3) is 0.296. The van der Waals surface area contributed by atoms with Crippen LogP contribution < -0.4 is 10.1 Å². The zero-order chi connectivity index (χ0) is 23.3. The van der Waals surface area contributed by atoms with Crippen LogP contribution in [0.3, 0.4) is 0 Å². The summed E-state index contributed by atoms with van der Waals surface area (Å²) in [5, 5.41) is 3.16. The average molecular weight is 438 g/mol. The Bertz CT molecular complexity index is 1070. The quantitative estimate of drug-likeness (QED) is 0.427. The van der Waals surface area contributed by atoms with Crippen LogP contribution in [0.25, 0.3) is 0 Å². The van der Waals surface area contributed by atoms with Gasteiger partial charge in [0.1, 0.15) is 24.0 Å². The van der Waals surface area contributed by atoms with Crippen LogP contribution in [-0.2, 0) is 6.61 Å². The molecule has 0 saturated heterocycles. The summed E-state index contributed by atoms with van der Waals surface area (Å²) in [7, 11) is 0. The minimum Gasteiger partial charge on any atom is -0.489 e. The number of carbonyl (C=O) groups excluding carboxylic acids is 1. The topological polar surface area (TPSA) is 38.3 Å². The van der Waals surface area contributed by atoms with Crippen LogP contribution in [-0.4, -0.2) is 5.91 Å². The lowest BCUT2D eigenvalue weighted by molar-refractivity contribution is 0.0931. The molecule has 0 fully saturated rings. The molecule has 0 aromatic heterocycles. The van der Waals surface area contributed by atoms with Gasteiger partial charge < -0.3 is 10.1 Å². The number of rotatable bonds is 8. The summed E-state index contributed by atoms with van der Waals surface area (Å²) in [6.07, 6.45) is 0.814. The molecule has 5 heteroatoms. The molecule has 3 nitrogen and oxygen atoms in total. The molecule has 0 radical (unpaired) electrons. The number of hydrogen-bond donors (Lipinski definition) is 1. The normalized spacial score (nSPS) is 12.0. The van der Waals surface area contributed by atoms with Gasteiger partial charge in [-0.1, -0.05) is 49.2 Å². The van der Waals surface area contributed by atoms with E-state index in [1.165, 1.54) is 12.1 Å². The number of nitrogens with one attached hydrogen (secondary N) is 1. The van der Waals surface area contributed by atoms with Crippen molar-refractivity contribution in [3.63, 3.8) is 0 Å². The van der Waals surface area contributed by atoms with E-state index in [1.807, 2.05) is 0 Å². The van der Waals surface area contributed by atoms with Crippen LogP contribution in [0.2, 0.25) is 0 Å².